The van der Waals surface area contributed by atoms with Crippen molar-refractivity contribution in [1.82, 2.24) is 14.8 Å². The van der Waals surface area contributed by atoms with Crippen molar-refractivity contribution in [3.8, 4) is 17.1 Å². The quantitative estimate of drug-likeness (QED) is 0.535. The van der Waals surface area contributed by atoms with Gasteiger partial charge in [0.25, 0.3) is 0 Å². The normalized spacial score (nSPS) is 10.6. The number of nitrogens with zero attached hydrogens (tertiary/aromatic N) is 2. The summed E-state index contributed by atoms with van der Waals surface area (Å²) in [6.07, 6.45) is 0. The van der Waals surface area contributed by atoms with E-state index in [4.69, 9.17) is 12.2 Å². The lowest BCUT2D eigenvalue weighted by atomic mass is 10.2. The molecule has 94 valence electrons. The first-order valence-electron chi connectivity index (χ1n) is 5.74. The highest BCUT2D eigenvalue weighted by Crippen LogP contribution is 2.22. The lowest BCUT2D eigenvalue weighted by molar-refractivity contribution is 1.04. The molecule has 0 unspecified atom stereocenters. The zero-order chi connectivity index (χ0) is 13.2. The van der Waals surface area contributed by atoms with Crippen molar-refractivity contribution in [1.29, 1.82) is 0 Å². The second-order valence-electron chi connectivity index (χ2n) is 4.03. The Morgan fingerprint density at radius 3 is 2.37 bits per heavy atom. The van der Waals surface area contributed by atoms with E-state index in [1.807, 2.05) is 47.0 Å². The van der Waals surface area contributed by atoms with E-state index >= 15 is 0 Å². The van der Waals surface area contributed by atoms with Gasteiger partial charge in [0.1, 0.15) is 0 Å². The third kappa shape index (κ3) is 2.48. The number of aromatic amines is 1. The molecule has 0 radical (unpaired) electrons. The Balaban J connectivity index is 2.19. The zero-order valence-corrected chi connectivity index (χ0v) is 12.9. The van der Waals surface area contributed by atoms with Gasteiger partial charge < -0.3 is 0 Å². The van der Waals surface area contributed by atoms with Crippen LogP contribution in [0.3, 0.4) is 0 Å². The maximum atomic E-state index is 5.32. The third-order valence-electron chi connectivity index (χ3n) is 2.79. The summed E-state index contributed by atoms with van der Waals surface area (Å²) in [4.78, 5) is 0. The first-order valence-corrected chi connectivity index (χ1v) is 7.23. The van der Waals surface area contributed by atoms with Crippen molar-refractivity contribution in [2.24, 2.45) is 0 Å². The molecule has 3 aromatic rings. The Bertz CT molecular complexity index is 744. The lowest BCUT2D eigenvalue weighted by Crippen LogP contribution is -1.97. The maximum absolute atomic E-state index is 5.32. The third-order valence-corrected chi connectivity index (χ3v) is 3.78. The summed E-state index contributed by atoms with van der Waals surface area (Å²) in [5, 5.41) is 7.20. The molecule has 3 nitrogen and oxygen atoms in total. The SMILES string of the molecule is S=c1[nH]nc(-c2ccc(I)cc2)n1-c1ccccc1. The molecule has 0 aliphatic rings. The van der Waals surface area contributed by atoms with Crippen LogP contribution in [0.2, 0.25) is 0 Å². The summed E-state index contributed by atoms with van der Waals surface area (Å²) in [6, 6.07) is 18.2. The fourth-order valence-corrected chi connectivity index (χ4v) is 2.50. The van der Waals surface area contributed by atoms with Crippen LogP contribution in [0.5, 0.6) is 0 Å². The Morgan fingerprint density at radius 2 is 1.68 bits per heavy atom. The number of rotatable bonds is 2. The smallest absolute Gasteiger partial charge is 0.200 e. The molecule has 2 aromatic carbocycles. The highest BCUT2D eigenvalue weighted by molar-refractivity contribution is 14.1. The van der Waals surface area contributed by atoms with Gasteiger partial charge in [-0.3, -0.25) is 9.67 Å². The largest absolute Gasteiger partial charge is 0.268 e. The van der Waals surface area contributed by atoms with Crippen LogP contribution in [0.4, 0.5) is 0 Å². The van der Waals surface area contributed by atoms with E-state index in [9.17, 15) is 0 Å². The molecule has 1 heterocycles. The molecule has 0 aliphatic heterocycles. The minimum Gasteiger partial charge on any atom is -0.268 e. The van der Waals surface area contributed by atoms with E-state index < -0.39 is 0 Å². The Morgan fingerprint density at radius 1 is 1.00 bits per heavy atom. The average molecular weight is 379 g/mol. The number of hydrogen-bond donors (Lipinski definition) is 1. The number of H-pyrrole nitrogens is 1. The van der Waals surface area contributed by atoms with E-state index in [0.717, 1.165) is 17.1 Å². The molecular weight excluding hydrogens is 369 g/mol. The summed E-state index contributed by atoms with van der Waals surface area (Å²) >= 11 is 7.61. The van der Waals surface area contributed by atoms with Gasteiger partial charge in [-0.05, 0) is 59.1 Å². The Kier molecular flexibility index (Phi) is 3.48. The van der Waals surface area contributed by atoms with Crippen LogP contribution in [0.15, 0.2) is 54.6 Å². The Labute approximate surface area is 129 Å². The minimum absolute atomic E-state index is 0.597. The first kappa shape index (κ1) is 12.6. The first-order chi connectivity index (χ1) is 9.25. The van der Waals surface area contributed by atoms with Crippen LogP contribution >= 0.6 is 34.8 Å². The molecule has 0 spiro atoms. The van der Waals surface area contributed by atoms with Crippen molar-refractivity contribution < 1.29 is 0 Å². The summed E-state index contributed by atoms with van der Waals surface area (Å²) in [5.74, 6) is 0.826. The van der Waals surface area contributed by atoms with Crippen LogP contribution in [0.1, 0.15) is 0 Å². The van der Waals surface area contributed by atoms with Gasteiger partial charge in [-0.1, -0.05) is 30.3 Å². The van der Waals surface area contributed by atoms with E-state index in [1.54, 1.807) is 0 Å². The summed E-state index contributed by atoms with van der Waals surface area (Å²) in [5.41, 5.74) is 2.05. The van der Waals surface area contributed by atoms with Crippen molar-refractivity contribution in [2.75, 3.05) is 0 Å². The molecule has 0 saturated heterocycles. The number of nitrogens with one attached hydrogen (secondary N) is 1. The summed E-state index contributed by atoms with van der Waals surface area (Å²) in [6.45, 7) is 0. The fourth-order valence-electron chi connectivity index (χ4n) is 1.91. The van der Waals surface area contributed by atoms with Crippen LogP contribution in [0, 0.1) is 8.34 Å². The molecule has 1 aromatic heterocycles. The molecule has 0 bridgehead atoms. The second-order valence-corrected chi connectivity index (χ2v) is 5.66. The number of aromatic nitrogens is 3. The average Bonchev–Trinajstić information content (AvgIpc) is 2.82. The van der Waals surface area contributed by atoms with Gasteiger partial charge in [-0.25, -0.2) is 0 Å². The van der Waals surface area contributed by atoms with Crippen LogP contribution < -0.4 is 0 Å². The summed E-state index contributed by atoms with van der Waals surface area (Å²) in [7, 11) is 0. The van der Waals surface area contributed by atoms with Crippen LogP contribution in [-0.2, 0) is 0 Å². The zero-order valence-electron chi connectivity index (χ0n) is 9.88. The highest BCUT2D eigenvalue weighted by Gasteiger charge is 2.09. The van der Waals surface area contributed by atoms with Crippen molar-refractivity contribution in [3.63, 3.8) is 0 Å². The van der Waals surface area contributed by atoms with Crippen LogP contribution in [0.25, 0.3) is 17.1 Å². The van der Waals surface area contributed by atoms with Gasteiger partial charge in [0.2, 0.25) is 0 Å². The molecule has 19 heavy (non-hydrogen) atoms. The number of para-hydroxylation sites is 1. The highest BCUT2D eigenvalue weighted by atomic mass is 127. The molecule has 0 atom stereocenters. The predicted octanol–water partition coefficient (Wildman–Crippen LogP) is 4.20. The minimum atomic E-state index is 0.597. The standard InChI is InChI=1S/C14H10IN3S/c15-11-8-6-10(7-9-11)13-16-17-14(19)18(13)12-4-2-1-3-5-12/h1-9H,(H,17,19). The van der Waals surface area contributed by atoms with E-state index in [1.165, 1.54) is 3.57 Å². The topological polar surface area (TPSA) is 33.6 Å². The van der Waals surface area contributed by atoms with Crippen LogP contribution in [-0.4, -0.2) is 14.8 Å². The predicted molar refractivity (Wildman–Crippen MR) is 86.9 cm³/mol. The number of hydrogen-bond acceptors (Lipinski definition) is 2. The van der Waals surface area contributed by atoms with Gasteiger partial charge in [0, 0.05) is 14.8 Å². The van der Waals surface area contributed by atoms with Gasteiger partial charge in [-0.15, -0.1) is 0 Å². The molecule has 1 N–H and O–H groups in total. The molecule has 5 heteroatoms. The lowest BCUT2D eigenvalue weighted by Gasteiger charge is -2.06. The van der Waals surface area contributed by atoms with E-state index in [-0.39, 0.29) is 0 Å². The molecule has 0 amide bonds. The van der Waals surface area contributed by atoms with E-state index in [0.29, 0.717) is 4.77 Å². The van der Waals surface area contributed by atoms with Gasteiger partial charge in [-0.2, -0.15) is 5.10 Å². The molecular formula is C14H10IN3S. The fraction of sp³-hybridized carbons (Fsp3) is 0. The van der Waals surface area contributed by atoms with Gasteiger partial charge in [0.05, 0.1) is 0 Å². The van der Waals surface area contributed by atoms with Crippen molar-refractivity contribution in [2.45, 2.75) is 0 Å². The van der Waals surface area contributed by atoms with Gasteiger partial charge >= 0.3 is 0 Å². The molecule has 0 fully saturated rings. The van der Waals surface area contributed by atoms with E-state index in [2.05, 4.69) is 44.9 Å². The Hall–Kier alpha value is -1.47. The molecule has 0 aliphatic carbocycles. The summed E-state index contributed by atoms with van der Waals surface area (Å²) < 4.78 is 3.74. The number of benzene rings is 2. The van der Waals surface area contributed by atoms with Crippen molar-refractivity contribution >= 4 is 34.8 Å². The monoisotopic (exact) mass is 379 g/mol. The maximum Gasteiger partial charge on any atom is 0.200 e. The number of halogens is 1. The molecule has 0 saturated carbocycles. The second kappa shape index (κ2) is 5.26. The molecule has 3 rings (SSSR count). The van der Waals surface area contributed by atoms with Crippen molar-refractivity contribution in [3.05, 3.63) is 62.9 Å². The van der Waals surface area contributed by atoms with Gasteiger partial charge in [0.15, 0.2) is 10.6 Å².